The second kappa shape index (κ2) is 7.84. The van der Waals surface area contributed by atoms with Crippen LogP contribution in [0.1, 0.15) is 40.0 Å². The number of anilines is 1. The second-order valence-corrected chi connectivity index (χ2v) is 4.48. The summed E-state index contributed by atoms with van der Waals surface area (Å²) in [5, 5.41) is 3.01. The topological polar surface area (TPSA) is 47.0 Å². The average Bonchev–Trinajstić information content (AvgIpc) is 2.36. The SMILES string of the molecule is CCCNc1ncc(F)c(OCC(C)CCC)n1. The lowest BCUT2D eigenvalue weighted by Crippen LogP contribution is -2.12. The molecular formula is C13H22FN3O. The maximum absolute atomic E-state index is 13.5. The molecule has 102 valence electrons. The summed E-state index contributed by atoms with van der Waals surface area (Å²) in [6.45, 7) is 7.49. The van der Waals surface area contributed by atoms with Crippen molar-refractivity contribution in [1.82, 2.24) is 9.97 Å². The Hall–Kier alpha value is -1.39. The Bertz CT molecular complexity index is 360. The molecule has 0 bridgehead atoms. The van der Waals surface area contributed by atoms with Crippen LogP contribution in [0.25, 0.3) is 0 Å². The normalized spacial score (nSPS) is 12.2. The van der Waals surface area contributed by atoms with Crippen molar-refractivity contribution in [3.8, 4) is 5.88 Å². The van der Waals surface area contributed by atoms with Gasteiger partial charge in [0.05, 0.1) is 12.8 Å². The highest BCUT2D eigenvalue weighted by atomic mass is 19.1. The molecule has 1 heterocycles. The fourth-order valence-electron chi connectivity index (χ4n) is 1.57. The first-order valence-corrected chi connectivity index (χ1v) is 6.56. The molecule has 0 amide bonds. The predicted molar refractivity (Wildman–Crippen MR) is 70.3 cm³/mol. The molecule has 0 aromatic carbocycles. The van der Waals surface area contributed by atoms with Gasteiger partial charge in [0.25, 0.3) is 5.88 Å². The molecule has 18 heavy (non-hydrogen) atoms. The Morgan fingerprint density at radius 2 is 2.17 bits per heavy atom. The Morgan fingerprint density at radius 1 is 1.39 bits per heavy atom. The molecule has 0 aliphatic heterocycles. The van der Waals surface area contributed by atoms with Gasteiger partial charge in [-0.3, -0.25) is 0 Å². The number of hydrogen-bond donors (Lipinski definition) is 1. The summed E-state index contributed by atoms with van der Waals surface area (Å²) in [5.74, 6) is 0.333. The number of aromatic nitrogens is 2. The van der Waals surface area contributed by atoms with Crippen LogP contribution in [0.2, 0.25) is 0 Å². The number of ether oxygens (including phenoxy) is 1. The zero-order chi connectivity index (χ0) is 13.4. The minimum atomic E-state index is -0.513. The van der Waals surface area contributed by atoms with Gasteiger partial charge in [-0.15, -0.1) is 0 Å². The monoisotopic (exact) mass is 255 g/mol. The fraction of sp³-hybridized carbons (Fsp3) is 0.692. The quantitative estimate of drug-likeness (QED) is 0.774. The van der Waals surface area contributed by atoms with E-state index in [1.165, 1.54) is 0 Å². The molecule has 1 aromatic heterocycles. The third kappa shape index (κ3) is 4.85. The number of rotatable bonds is 8. The highest BCUT2D eigenvalue weighted by molar-refractivity contribution is 5.28. The Morgan fingerprint density at radius 3 is 2.83 bits per heavy atom. The number of halogens is 1. The van der Waals surface area contributed by atoms with Gasteiger partial charge < -0.3 is 10.1 Å². The van der Waals surface area contributed by atoms with E-state index in [1.807, 2.05) is 6.92 Å². The first-order chi connectivity index (χ1) is 8.67. The van der Waals surface area contributed by atoms with Gasteiger partial charge in [-0.25, -0.2) is 4.98 Å². The molecule has 0 saturated heterocycles. The van der Waals surface area contributed by atoms with Gasteiger partial charge in [0.1, 0.15) is 0 Å². The Kier molecular flexibility index (Phi) is 6.39. The number of hydrogen-bond acceptors (Lipinski definition) is 4. The van der Waals surface area contributed by atoms with Crippen molar-refractivity contribution < 1.29 is 9.13 Å². The highest BCUT2D eigenvalue weighted by Crippen LogP contribution is 2.16. The molecule has 0 fully saturated rings. The van der Waals surface area contributed by atoms with E-state index in [9.17, 15) is 4.39 Å². The molecule has 5 heteroatoms. The molecule has 1 aromatic rings. The van der Waals surface area contributed by atoms with Gasteiger partial charge in [-0.1, -0.05) is 27.2 Å². The first-order valence-electron chi connectivity index (χ1n) is 6.56. The van der Waals surface area contributed by atoms with Crippen molar-refractivity contribution in [2.45, 2.75) is 40.0 Å². The van der Waals surface area contributed by atoms with Crippen molar-refractivity contribution in [2.75, 3.05) is 18.5 Å². The van der Waals surface area contributed by atoms with E-state index in [2.05, 4.69) is 29.1 Å². The Balaban J connectivity index is 2.57. The summed E-state index contributed by atoms with van der Waals surface area (Å²) in [7, 11) is 0. The van der Waals surface area contributed by atoms with E-state index in [0.717, 1.165) is 32.0 Å². The van der Waals surface area contributed by atoms with Crippen LogP contribution in [0.15, 0.2) is 6.20 Å². The summed E-state index contributed by atoms with van der Waals surface area (Å²) in [6, 6.07) is 0. The summed E-state index contributed by atoms with van der Waals surface area (Å²) in [6.07, 6.45) is 4.27. The van der Waals surface area contributed by atoms with Crippen LogP contribution in [0.3, 0.4) is 0 Å². The molecule has 0 aliphatic carbocycles. The van der Waals surface area contributed by atoms with Crippen molar-refractivity contribution in [2.24, 2.45) is 5.92 Å². The molecule has 0 saturated carbocycles. The van der Waals surface area contributed by atoms with Gasteiger partial charge >= 0.3 is 0 Å². The maximum atomic E-state index is 13.5. The van der Waals surface area contributed by atoms with Crippen LogP contribution >= 0.6 is 0 Å². The summed E-state index contributed by atoms with van der Waals surface area (Å²) in [5.41, 5.74) is 0. The predicted octanol–water partition coefficient (Wildman–Crippen LogP) is 3.25. The molecule has 4 nitrogen and oxygen atoms in total. The summed E-state index contributed by atoms with van der Waals surface area (Å²) >= 11 is 0. The lowest BCUT2D eigenvalue weighted by atomic mass is 10.1. The third-order valence-corrected chi connectivity index (χ3v) is 2.53. The maximum Gasteiger partial charge on any atom is 0.255 e. The van der Waals surface area contributed by atoms with E-state index < -0.39 is 5.82 Å². The number of nitrogens with one attached hydrogen (secondary N) is 1. The molecule has 0 spiro atoms. The zero-order valence-corrected chi connectivity index (χ0v) is 11.4. The van der Waals surface area contributed by atoms with E-state index in [-0.39, 0.29) is 5.88 Å². The summed E-state index contributed by atoms with van der Waals surface area (Å²) in [4.78, 5) is 7.89. The van der Waals surface area contributed by atoms with Gasteiger partial charge in [0.15, 0.2) is 0 Å². The molecule has 1 atom stereocenters. The fourth-order valence-corrected chi connectivity index (χ4v) is 1.57. The summed E-state index contributed by atoms with van der Waals surface area (Å²) < 4.78 is 18.9. The first kappa shape index (κ1) is 14.7. The van der Waals surface area contributed by atoms with E-state index in [0.29, 0.717) is 18.5 Å². The largest absolute Gasteiger partial charge is 0.475 e. The van der Waals surface area contributed by atoms with E-state index >= 15 is 0 Å². The molecule has 1 unspecified atom stereocenters. The minimum absolute atomic E-state index is 0.0338. The Labute approximate surface area is 108 Å². The van der Waals surface area contributed by atoms with Crippen LogP contribution in [0, 0.1) is 11.7 Å². The lowest BCUT2D eigenvalue weighted by molar-refractivity contribution is 0.232. The molecule has 0 aliphatic rings. The van der Waals surface area contributed by atoms with E-state index in [1.54, 1.807) is 0 Å². The van der Waals surface area contributed by atoms with Crippen molar-refractivity contribution >= 4 is 5.95 Å². The van der Waals surface area contributed by atoms with Crippen LogP contribution < -0.4 is 10.1 Å². The van der Waals surface area contributed by atoms with Gasteiger partial charge in [-0.2, -0.15) is 9.37 Å². The van der Waals surface area contributed by atoms with Crippen LogP contribution in [-0.4, -0.2) is 23.1 Å². The molecule has 1 rings (SSSR count). The molecule has 1 N–H and O–H groups in total. The van der Waals surface area contributed by atoms with Crippen LogP contribution in [0.4, 0.5) is 10.3 Å². The average molecular weight is 255 g/mol. The van der Waals surface area contributed by atoms with E-state index in [4.69, 9.17) is 4.74 Å². The molecule has 0 radical (unpaired) electrons. The number of nitrogens with zero attached hydrogens (tertiary/aromatic N) is 2. The van der Waals surface area contributed by atoms with Gasteiger partial charge in [0, 0.05) is 6.54 Å². The molecular weight excluding hydrogens is 233 g/mol. The minimum Gasteiger partial charge on any atom is -0.475 e. The highest BCUT2D eigenvalue weighted by Gasteiger charge is 2.10. The van der Waals surface area contributed by atoms with Crippen LogP contribution in [-0.2, 0) is 0 Å². The van der Waals surface area contributed by atoms with Gasteiger partial charge in [0.2, 0.25) is 11.8 Å². The lowest BCUT2D eigenvalue weighted by Gasteiger charge is -2.12. The zero-order valence-electron chi connectivity index (χ0n) is 11.4. The standard InChI is InChI=1S/C13H22FN3O/c1-4-6-10(3)9-18-12-11(14)8-16-13(17-12)15-7-5-2/h8,10H,4-7,9H2,1-3H3,(H,15,16,17). The van der Waals surface area contributed by atoms with Crippen molar-refractivity contribution in [3.05, 3.63) is 12.0 Å². The van der Waals surface area contributed by atoms with Crippen molar-refractivity contribution in [1.29, 1.82) is 0 Å². The van der Waals surface area contributed by atoms with Crippen molar-refractivity contribution in [3.63, 3.8) is 0 Å². The second-order valence-electron chi connectivity index (χ2n) is 4.48. The van der Waals surface area contributed by atoms with Gasteiger partial charge in [-0.05, 0) is 18.8 Å². The third-order valence-electron chi connectivity index (χ3n) is 2.53. The smallest absolute Gasteiger partial charge is 0.255 e. The van der Waals surface area contributed by atoms with Crippen LogP contribution in [0.5, 0.6) is 5.88 Å².